The van der Waals surface area contributed by atoms with Gasteiger partial charge in [0.1, 0.15) is 0 Å². The molecule has 0 amide bonds. The Morgan fingerprint density at radius 1 is 1.43 bits per heavy atom. The van der Waals surface area contributed by atoms with Crippen LogP contribution in [0.3, 0.4) is 0 Å². The highest BCUT2D eigenvalue weighted by molar-refractivity contribution is 7.17. The Bertz CT molecular complexity index is 454. The van der Waals surface area contributed by atoms with E-state index in [4.69, 9.17) is 11.6 Å². The normalized spacial score (nSPS) is 11.1. The largest absolute Gasteiger partial charge is 0.302 e. The quantitative estimate of drug-likeness (QED) is 0.632. The van der Waals surface area contributed by atoms with Crippen molar-refractivity contribution in [1.29, 1.82) is 0 Å². The maximum Gasteiger partial charge on any atom is 0.225 e. The zero-order chi connectivity index (χ0) is 10.1. The third-order valence-electron chi connectivity index (χ3n) is 1.61. The number of hydrogen-bond donors (Lipinski definition) is 1. The van der Waals surface area contributed by atoms with Gasteiger partial charge in [0.15, 0.2) is 5.82 Å². The zero-order valence-corrected chi connectivity index (χ0v) is 9.35. The van der Waals surface area contributed by atoms with Gasteiger partial charge < -0.3 is 5.43 Å². The number of fused-ring (bicyclic) bond motifs is 1. The van der Waals surface area contributed by atoms with Gasteiger partial charge in [0.25, 0.3) is 0 Å². The van der Waals surface area contributed by atoms with Gasteiger partial charge in [-0.1, -0.05) is 0 Å². The molecule has 0 bridgehead atoms. The Kier molecular flexibility index (Phi) is 2.54. The first-order chi connectivity index (χ1) is 6.66. The van der Waals surface area contributed by atoms with Crippen LogP contribution in [0.25, 0.3) is 10.2 Å². The molecule has 0 unspecified atom stereocenters. The van der Waals surface area contributed by atoms with Crippen LogP contribution in [0.1, 0.15) is 0 Å². The van der Waals surface area contributed by atoms with Crippen molar-refractivity contribution in [3.05, 3.63) is 16.7 Å². The second-order valence-corrected chi connectivity index (χ2v) is 4.24. The Morgan fingerprint density at radius 3 is 2.93 bits per heavy atom. The number of nitrogens with zero attached hydrogens (tertiary/aromatic N) is 3. The van der Waals surface area contributed by atoms with Crippen LogP contribution in [0.5, 0.6) is 0 Å². The van der Waals surface area contributed by atoms with Gasteiger partial charge in [0.2, 0.25) is 5.28 Å². The van der Waals surface area contributed by atoms with E-state index in [1.165, 1.54) is 0 Å². The molecule has 0 aromatic carbocycles. The lowest BCUT2D eigenvalue weighted by molar-refractivity contribution is 0.493. The molecule has 0 atom stereocenters. The minimum Gasteiger partial charge on any atom is -0.302 e. The summed E-state index contributed by atoms with van der Waals surface area (Å²) in [5.41, 5.74) is 3.96. The average Bonchev–Trinajstić information content (AvgIpc) is 2.50. The van der Waals surface area contributed by atoms with E-state index in [-0.39, 0.29) is 5.28 Å². The van der Waals surface area contributed by atoms with Crippen LogP contribution in [0, 0.1) is 0 Å². The molecular formula is C8H9ClN4S. The Labute approximate surface area is 90.5 Å². The van der Waals surface area contributed by atoms with E-state index in [0.717, 1.165) is 16.0 Å². The van der Waals surface area contributed by atoms with Crippen molar-refractivity contribution < 1.29 is 0 Å². The van der Waals surface area contributed by atoms with Crippen LogP contribution < -0.4 is 5.43 Å². The summed E-state index contributed by atoms with van der Waals surface area (Å²) in [6.07, 6.45) is 0. The van der Waals surface area contributed by atoms with E-state index in [1.807, 2.05) is 30.6 Å². The molecule has 0 aliphatic carbocycles. The summed E-state index contributed by atoms with van der Waals surface area (Å²) in [7, 11) is 3.80. The summed E-state index contributed by atoms with van der Waals surface area (Å²) in [6.45, 7) is 0. The number of rotatable bonds is 2. The lowest BCUT2D eigenvalue weighted by atomic mass is 10.4. The van der Waals surface area contributed by atoms with Gasteiger partial charge in [0.05, 0.1) is 10.2 Å². The number of halogens is 1. The van der Waals surface area contributed by atoms with Crippen LogP contribution in [0.15, 0.2) is 11.4 Å². The fourth-order valence-corrected chi connectivity index (χ4v) is 2.07. The molecule has 2 aromatic heterocycles. The van der Waals surface area contributed by atoms with Crippen molar-refractivity contribution in [3.63, 3.8) is 0 Å². The maximum atomic E-state index is 5.79. The molecule has 0 aliphatic heterocycles. The Balaban J connectivity index is 2.55. The third-order valence-corrected chi connectivity index (χ3v) is 2.69. The van der Waals surface area contributed by atoms with Crippen molar-refractivity contribution in [3.8, 4) is 0 Å². The smallest absolute Gasteiger partial charge is 0.225 e. The van der Waals surface area contributed by atoms with Crippen LogP contribution in [-0.4, -0.2) is 29.1 Å². The molecule has 0 saturated carbocycles. The van der Waals surface area contributed by atoms with Gasteiger partial charge >= 0.3 is 0 Å². The predicted molar refractivity (Wildman–Crippen MR) is 59.7 cm³/mol. The molecule has 74 valence electrons. The van der Waals surface area contributed by atoms with Crippen molar-refractivity contribution in [2.75, 3.05) is 19.5 Å². The van der Waals surface area contributed by atoms with Crippen molar-refractivity contribution >= 4 is 39.0 Å². The Morgan fingerprint density at radius 2 is 2.21 bits per heavy atom. The molecular weight excluding hydrogens is 220 g/mol. The summed E-state index contributed by atoms with van der Waals surface area (Å²) in [5.74, 6) is 0.750. The molecule has 14 heavy (non-hydrogen) atoms. The van der Waals surface area contributed by atoms with Gasteiger partial charge in [-0.15, -0.1) is 11.3 Å². The van der Waals surface area contributed by atoms with Crippen LogP contribution >= 0.6 is 22.9 Å². The second-order valence-electron chi connectivity index (χ2n) is 2.98. The molecule has 6 heteroatoms. The molecule has 0 radical (unpaired) electrons. The molecule has 1 N–H and O–H groups in total. The lowest BCUT2D eigenvalue weighted by Gasteiger charge is -2.12. The van der Waals surface area contributed by atoms with Crippen molar-refractivity contribution in [2.24, 2.45) is 0 Å². The molecule has 4 nitrogen and oxygen atoms in total. The van der Waals surface area contributed by atoms with Gasteiger partial charge in [-0.05, 0) is 23.0 Å². The van der Waals surface area contributed by atoms with Crippen LogP contribution in [0.4, 0.5) is 5.82 Å². The standard InChI is InChI=1S/C8H9ClN4S/c1-13(2)12-7-6-5(3-4-14-6)10-8(9)11-7/h3-4H,1-2H3,(H,10,11,12). The fraction of sp³-hybridized carbons (Fsp3) is 0.250. The zero-order valence-electron chi connectivity index (χ0n) is 7.78. The number of aromatic nitrogens is 2. The van der Waals surface area contributed by atoms with Crippen molar-refractivity contribution in [2.45, 2.75) is 0 Å². The summed E-state index contributed by atoms with van der Waals surface area (Å²) in [4.78, 5) is 8.24. The second kappa shape index (κ2) is 3.68. The highest BCUT2D eigenvalue weighted by Crippen LogP contribution is 2.27. The fourth-order valence-electron chi connectivity index (χ4n) is 1.12. The van der Waals surface area contributed by atoms with Gasteiger partial charge in [-0.25, -0.2) is 9.99 Å². The molecule has 2 rings (SSSR count). The molecule has 0 fully saturated rings. The van der Waals surface area contributed by atoms with E-state index in [2.05, 4.69) is 15.4 Å². The number of hydrogen-bond acceptors (Lipinski definition) is 5. The SMILES string of the molecule is CN(C)Nc1nc(Cl)nc2ccsc12. The molecule has 0 saturated heterocycles. The highest BCUT2D eigenvalue weighted by Gasteiger charge is 2.07. The van der Waals surface area contributed by atoms with E-state index in [0.29, 0.717) is 0 Å². The Hall–Kier alpha value is -0.910. The summed E-state index contributed by atoms with van der Waals surface area (Å²) < 4.78 is 1.02. The molecule has 0 aliphatic rings. The van der Waals surface area contributed by atoms with Gasteiger partial charge in [-0.2, -0.15) is 4.98 Å². The topological polar surface area (TPSA) is 41.0 Å². The average molecular weight is 229 g/mol. The van der Waals surface area contributed by atoms with Gasteiger partial charge in [-0.3, -0.25) is 0 Å². The predicted octanol–water partition coefficient (Wildman–Crippen LogP) is 2.23. The minimum absolute atomic E-state index is 0.264. The van der Waals surface area contributed by atoms with Gasteiger partial charge in [0, 0.05) is 14.1 Å². The first kappa shape index (κ1) is 9.64. The lowest BCUT2D eigenvalue weighted by Crippen LogP contribution is -2.20. The van der Waals surface area contributed by atoms with E-state index < -0.39 is 0 Å². The number of thiophene rings is 1. The molecule has 2 aromatic rings. The van der Waals surface area contributed by atoms with E-state index >= 15 is 0 Å². The monoisotopic (exact) mass is 228 g/mol. The molecule has 0 spiro atoms. The third kappa shape index (κ3) is 1.79. The first-order valence-corrected chi connectivity index (χ1v) is 5.27. The number of anilines is 1. The van der Waals surface area contributed by atoms with Crippen LogP contribution in [-0.2, 0) is 0 Å². The van der Waals surface area contributed by atoms with Crippen molar-refractivity contribution in [1.82, 2.24) is 15.0 Å². The molecule has 2 heterocycles. The number of hydrazine groups is 1. The van der Waals surface area contributed by atoms with E-state index in [1.54, 1.807) is 11.3 Å². The summed E-state index contributed by atoms with van der Waals surface area (Å²) in [5, 5.41) is 4.05. The van der Waals surface area contributed by atoms with Crippen LogP contribution in [0.2, 0.25) is 5.28 Å². The summed E-state index contributed by atoms with van der Waals surface area (Å²) >= 11 is 7.38. The minimum atomic E-state index is 0.264. The maximum absolute atomic E-state index is 5.79. The first-order valence-electron chi connectivity index (χ1n) is 4.01. The highest BCUT2D eigenvalue weighted by atomic mass is 35.5. The summed E-state index contributed by atoms with van der Waals surface area (Å²) in [6, 6.07) is 1.92. The van der Waals surface area contributed by atoms with E-state index in [9.17, 15) is 0 Å². The number of nitrogens with one attached hydrogen (secondary N) is 1.